The average Bonchev–Trinajstić information content (AvgIpc) is 2.83. The van der Waals surface area contributed by atoms with Gasteiger partial charge >= 0.3 is 0 Å². The standard InChI is InChI=1S/C13H20N2O/c1-2-15-13(12-5-8-16-10-12)9-11-3-6-14-7-4-11/h3-4,6-7,12-13,15H,2,5,8-10H2,1H3. The van der Waals surface area contributed by atoms with Crippen molar-refractivity contribution in [3.05, 3.63) is 30.1 Å². The molecule has 0 aromatic carbocycles. The van der Waals surface area contributed by atoms with Crippen molar-refractivity contribution in [3.8, 4) is 0 Å². The summed E-state index contributed by atoms with van der Waals surface area (Å²) in [7, 11) is 0. The Morgan fingerprint density at radius 3 is 2.94 bits per heavy atom. The Morgan fingerprint density at radius 2 is 2.31 bits per heavy atom. The molecule has 1 aromatic heterocycles. The molecule has 2 rings (SSSR count). The molecule has 1 fully saturated rings. The Kier molecular flexibility index (Phi) is 4.31. The number of hydrogen-bond acceptors (Lipinski definition) is 3. The number of aromatic nitrogens is 1. The minimum Gasteiger partial charge on any atom is -0.381 e. The normalized spacial score (nSPS) is 22.2. The van der Waals surface area contributed by atoms with Gasteiger partial charge in [0.15, 0.2) is 0 Å². The zero-order chi connectivity index (χ0) is 11.2. The average molecular weight is 220 g/mol. The van der Waals surface area contributed by atoms with Gasteiger partial charge in [0, 0.05) is 31.0 Å². The highest BCUT2D eigenvalue weighted by Crippen LogP contribution is 2.19. The summed E-state index contributed by atoms with van der Waals surface area (Å²) in [6, 6.07) is 4.73. The van der Waals surface area contributed by atoms with Crippen LogP contribution in [-0.4, -0.2) is 30.8 Å². The van der Waals surface area contributed by atoms with Crippen molar-refractivity contribution in [1.29, 1.82) is 0 Å². The van der Waals surface area contributed by atoms with E-state index in [0.717, 1.165) is 26.2 Å². The topological polar surface area (TPSA) is 34.2 Å². The van der Waals surface area contributed by atoms with Gasteiger partial charge in [-0.1, -0.05) is 6.92 Å². The summed E-state index contributed by atoms with van der Waals surface area (Å²) in [5.74, 6) is 0.660. The highest BCUT2D eigenvalue weighted by molar-refractivity contribution is 5.12. The van der Waals surface area contributed by atoms with E-state index < -0.39 is 0 Å². The molecule has 0 radical (unpaired) electrons. The summed E-state index contributed by atoms with van der Waals surface area (Å²) in [5.41, 5.74) is 1.35. The Bertz CT molecular complexity index is 296. The van der Waals surface area contributed by atoms with Gasteiger partial charge in [-0.05, 0) is 37.1 Å². The Morgan fingerprint density at radius 1 is 1.50 bits per heavy atom. The molecule has 0 aliphatic carbocycles. The van der Waals surface area contributed by atoms with Gasteiger partial charge in [0.05, 0.1) is 6.61 Å². The lowest BCUT2D eigenvalue weighted by molar-refractivity contribution is 0.176. The molecule has 1 aromatic rings. The molecule has 1 saturated heterocycles. The molecule has 0 spiro atoms. The highest BCUT2D eigenvalue weighted by atomic mass is 16.5. The van der Waals surface area contributed by atoms with Gasteiger partial charge in [-0.15, -0.1) is 0 Å². The van der Waals surface area contributed by atoms with E-state index in [-0.39, 0.29) is 0 Å². The molecule has 2 unspecified atom stereocenters. The van der Waals surface area contributed by atoms with Gasteiger partial charge in [-0.2, -0.15) is 0 Å². The van der Waals surface area contributed by atoms with E-state index in [1.807, 2.05) is 12.4 Å². The van der Waals surface area contributed by atoms with Crippen LogP contribution < -0.4 is 5.32 Å². The molecule has 0 amide bonds. The molecule has 1 N–H and O–H groups in total. The second-order valence-electron chi connectivity index (χ2n) is 4.35. The molecule has 16 heavy (non-hydrogen) atoms. The van der Waals surface area contributed by atoms with E-state index in [0.29, 0.717) is 12.0 Å². The fourth-order valence-electron chi connectivity index (χ4n) is 2.31. The largest absolute Gasteiger partial charge is 0.381 e. The van der Waals surface area contributed by atoms with E-state index in [9.17, 15) is 0 Å². The molecule has 3 heteroatoms. The maximum Gasteiger partial charge on any atom is 0.0510 e. The molecule has 0 saturated carbocycles. The zero-order valence-corrected chi connectivity index (χ0v) is 9.86. The van der Waals surface area contributed by atoms with Crippen LogP contribution in [0.1, 0.15) is 18.9 Å². The van der Waals surface area contributed by atoms with Crippen LogP contribution in [0.2, 0.25) is 0 Å². The Hall–Kier alpha value is -0.930. The van der Waals surface area contributed by atoms with Crippen LogP contribution >= 0.6 is 0 Å². The molecule has 2 atom stereocenters. The first kappa shape index (κ1) is 11.6. The van der Waals surface area contributed by atoms with Crippen molar-refractivity contribution in [2.45, 2.75) is 25.8 Å². The number of hydrogen-bond donors (Lipinski definition) is 1. The van der Waals surface area contributed by atoms with Crippen LogP contribution in [0.15, 0.2) is 24.5 Å². The molecular weight excluding hydrogens is 200 g/mol. The quantitative estimate of drug-likeness (QED) is 0.819. The molecule has 3 nitrogen and oxygen atoms in total. The monoisotopic (exact) mass is 220 g/mol. The lowest BCUT2D eigenvalue weighted by Crippen LogP contribution is -2.38. The van der Waals surface area contributed by atoms with Crippen LogP contribution in [0.5, 0.6) is 0 Å². The van der Waals surface area contributed by atoms with Crippen molar-refractivity contribution in [1.82, 2.24) is 10.3 Å². The lowest BCUT2D eigenvalue weighted by Gasteiger charge is -2.23. The fraction of sp³-hybridized carbons (Fsp3) is 0.615. The summed E-state index contributed by atoms with van der Waals surface area (Å²) in [4.78, 5) is 4.05. The van der Waals surface area contributed by atoms with E-state index in [2.05, 4.69) is 29.4 Å². The van der Waals surface area contributed by atoms with E-state index in [1.165, 1.54) is 12.0 Å². The zero-order valence-electron chi connectivity index (χ0n) is 9.86. The Labute approximate surface area is 97.2 Å². The number of rotatable bonds is 5. The molecule has 0 bridgehead atoms. The van der Waals surface area contributed by atoms with Crippen LogP contribution in [-0.2, 0) is 11.2 Å². The van der Waals surface area contributed by atoms with Gasteiger partial charge in [0.2, 0.25) is 0 Å². The van der Waals surface area contributed by atoms with Crippen LogP contribution in [0, 0.1) is 5.92 Å². The SMILES string of the molecule is CCNC(Cc1ccncc1)C1CCOC1. The smallest absolute Gasteiger partial charge is 0.0510 e. The van der Waals surface area contributed by atoms with Crippen molar-refractivity contribution in [2.75, 3.05) is 19.8 Å². The molecule has 88 valence electrons. The van der Waals surface area contributed by atoms with Crippen molar-refractivity contribution < 1.29 is 4.74 Å². The van der Waals surface area contributed by atoms with E-state index in [4.69, 9.17) is 4.74 Å². The third kappa shape index (κ3) is 3.03. The van der Waals surface area contributed by atoms with Crippen molar-refractivity contribution in [2.24, 2.45) is 5.92 Å². The maximum atomic E-state index is 5.47. The molecule has 1 aliphatic rings. The number of nitrogens with one attached hydrogen (secondary N) is 1. The van der Waals surface area contributed by atoms with Crippen LogP contribution in [0.4, 0.5) is 0 Å². The summed E-state index contributed by atoms with van der Waals surface area (Å²) in [5, 5.41) is 3.57. The molecule has 1 aliphatic heterocycles. The number of nitrogens with zero attached hydrogens (tertiary/aromatic N) is 1. The predicted molar refractivity (Wildman–Crippen MR) is 64.3 cm³/mol. The van der Waals surface area contributed by atoms with Crippen molar-refractivity contribution in [3.63, 3.8) is 0 Å². The van der Waals surface area contributed by atoms with Gasteiger partial charge in [-0.25, -0.2) is 0 Å². The summed E-state index contributed by atoms with van der Waals surface area (Å²) in [6.07, 6.45) is 5.99. The first-order valence-electron chi connectivity index (χ1n) is 6.10. The maximum absolute atomic E-state index is 5.47. The van der Waals surface area contributed by atoms with E-state index >= 15 is 0 Å². The first-order chi connectivity index (χ1) is 7.90. The second-order valence-corrected chi connectivity index (χ2v) is 4.35. The third-order valence-electron chi connectivity index (χ3n) is 3.21. The minimum atomic E-state index is 0.537. The van der Waals surface area contributed by atoms with Gasteiger partial charge in [0.1, 0.15) is 0 Å². The minimum absolute atomic E-state index is 0.537. The first-order valence-corrected chi connectivity index (χ1v) is 6.10. The van der Waals surface area contributed by atoms with Gasteiger partial charge < -0.3 is 10.1 Å². The highest BCUT2D eigenvalue weighted by Gasteiger charge is 2.24. The lowest BCUT2D eigenvalue weighted by atomic mass is 9.93. The second kappa shape index (κ2) is 5.97. The molecule has 2 heterocycles. The van der Waals surface area contributed by atoms with Gasteiger partial charge in [0.25, 0.3) is 0 Å². The van der Waals surface area contributed by atoms with Crippen LogP contribution in [0.3, 0.4) is 0 Å². The number of ether oxygens (including phenoxy) is 1. The van der Waals surface area contributed by atoms with Crippen molar-refractivity contribution >= 4 is 0 Å². The summed E-state index contributed by atoms with van der Waals surface area (Å²) < 4.78 is 5.47. The van der Waals surface area contributed by atoms with Gasteiger partial charge in [-0.3, -0.25) is 4.98 Å². The summed E-state index contributed by atoms with van der Waals surface area (Å²) in [6.45, 7) is 5.01. The number of likely N-dealkylation sites (N-methyl/N-ethyl adjacent to an activating group) is 1. The number of pyridine rings is 1. The fourth-order valence-corrected chi connectivity index (χ4v) is 2.31. The third-order valence-corrected chi connectivity index (χ3v) is 3.21. The Balaban J connectivity index is 1.96. The van der Waals surface area contributed by atoms with Crippen LogP contribution in [0.25, 0.3) is 0 Å². The predicted octanol–water partition coefficient (Wildman–Crippen LogP) is 1.64. The molecular formula is C13H20N2O. The van der Waals surface area contributed by atoms with E-state index in [1.54, 1.807) is 0 Å². The summed E-state index contributed by atoms with van der Waals surface area (Å²) >= 11 is 0.